The normalized spacial score (nSPS) is 12.3. The van der Waals surface area contributed by atoms with Crippen molar-refractivity contribution in [3.63, 3.8) is 0 Å². The fourth-order valence-electron chi connectivity index (χ4n) is 1.95. The van der Waals surface area contributed by atoms with Crippen molar-refractivity contribution in [2.75, 3.05) is 5.32 Å². The first-order valence-electron chi connectivity index (χ1n) is 6.23. The van der Waals surface area contributed by atoms with Gasteiger partial charge in [0.05, 0.1) is 11.7 Å². The molecular weight excluding hydrogens is 286 g/mol. The smallest absolute Gasteiger partial charge is 0.387 e. The highest BCUT2D eigenvalue weighted by atomic mass is 19.3. The maximum Gasteiger partial charge on any atom is 0.387 e. The number of anilines is 1. The summed E-state index contributed by atoms with van der Waals surface area (Å²) >= 11 is 0. The fraction of sp³-hybridized carbons (Fsp3) is 0.200. The van der Waals surface area contributed by atoms with Crippen molar-refractivity contribution in [2.45, 2.75) is 19.6 Å². The summed E-state index contributed by atoms with van der Waals surface area (Å²) in [7, 11) is 0. The van der Waals surface area contributed by atoms with Gasteiger partial charge in [0, 0.05) is 5.56 Å². The third kappa shape index (κ3) is 3.65. The Morgan fingerprint density at radius 3 is 2.43 bits per heavy atom. The van der Waals surface area contributed by atoms with E-state index in [9.17, 15) is 17.6 Å². The molecule has 112 valence electrons. The Morgan fingerprint density at radius 1 is 1.00 bits per heavy atom. The van der Waals surface area contributed by atoms with Crippen LogP contribution in [-0.4, -0.2) is 6.61 Å². The van der Waals surface area contributed by atoms with Crippen molar-refractivity contribution in [3.05, 3.63) is 59.7 Å². The predicted octanol–water partition coefficient (Wildman–Crippen LogP) is 4.74. The van der Waals surface area contributed by atoms with Crippen LogP contribution in [-0.2, 0) is 0 Å². The molecule has 6 heteroatoms. The van der Waals surface area contributed by atoms with Crippen LogP contribution in [0.5, 0.6) is 5.75 Å². The van der Waals surface area contributed by atoms with Crippen molar-refractivity contribution in [1.82, 2.24) is 0 Å². The highest BCUT2D eigenvalue weighted by Crippen LogP contribution is 2.30. The van der Waals surface area contributed by atoms with Crippen molar-refractivity contribution in [1.29, 1.82) is 0 Å². The van der Waals surface area contributed by atoms with Crippen molar-refractivity contribution in [3.8, 4) is 5.75 Å². The van der Waals surface area contributed by atoms with E-state index in [0.717, 1.165) is 6.07 Å². The average molecular weight is 299 g/mol. The monoisotopic (exact) mass is 299 g/mol. The number of hydrogen-bond acceptors (Lipinski definition) is 2. The van der Waals surface area contributed by atoms with Gasteiger partial charge in [-0.15, -0.1) is 0 Å². The summed E-state index contributed by atoms with van der Waals surface area (Å²) < 4.78 is 55.9. The molecule has 0 aromatic heterocycles. The standard InChI is InChI=1S/C15H13F4NO/c1-9(10-5-4-6-11(16)14(10)17)20-12-7-2-3-8-13(12)21-15(18)19/h2-9,15,20H,1H3. The summed E-state index contributed by atoms with van der Waals surface area (Å²) in [5.41, 5.74) is 0.371. The summed E-state index contributed by atoms with van der Waals surface area (Å²) in [6.45, 7) is -1.37. The summed E-state index contributed by atoms with van der Waals surface area (Å²) in [6.07, 6.45) is 0. The summed E-state index contributed by atoms with van der Waals surface area (Å²) in [5, 5.41) is 2.84. The first kappa shape index (κ1) is 15.2. The molecule has 0 spiro atoms. The van der Waals surface area contributed by atoms with Gasteiger partial charge in [-0.3, -0.25) is 0 Å². The second-order valence-corrected chi connectivity index (χ2v) is 4.38. The lowest BCUT2D eigenvalue weighted by Crippen LogP contribution is -2.11. The Kier molecular flexibility index (Phi) is 4.67. The van der Waals surface area contributed by atoms with Crippen LogP contribution >= 0.6 is 0 Å². The molecule has 0 aliphatic rings. The Labute approximate surface area is 119 Å². The quantitative estimate of drug-likeness (QED) is 0.805. The predicted molar refractivity (Wildman–Crippen MR) is 71.5 cm³/mol. The Hall–Kier alpha value is -2.24. The van der Waals surface area contributed by atoms with E-state index in [1.165, 1.54) is 30.3 Å². The number of halogens is 4. The SMILES string of the molecule is CC(Nc1ccccc1OC(F)F)c1cccc(F)c1F. The molecule has 1 unspecified atom stereocenters. The third-order valence-electron chi connectivity index (χ3n) is 2.92. The lowest BCUT2D eigenvalue weighted by molar-refractivity contribution is -0.0493. The number of para-hydroxylation sites is 2. The molecule has 0 amide bonds. The average Bonchev–Trinajstić information content (AvgIpc) is 2.43. The molecule has 2 aromatic rings. The van der Waals surface area contributed by atoms with E-state index in [1.807, 2.05) is 0 Å². The molecule has 0 heterocycles. The molecule has 2 aromatic carbocycles. The van der Waals surface area contributed by atoms with Gasteiger partial charge in [-0.05, 0) is 25.1 Å². The maximum atomic E-state index is 13.7. The first-order valence-corrected chi connectivity index (χ1v) is 6.23. The van der Waals surface area contributed by atoms with Crippen molar-refractivity contribution >= 4 is 5.69 Å². The van der Waals surface area contributed by atoms with E-state index >= 15 is 0 Å². The van der Waals surface area contributed by atoms with E-state index in [4.69, 9.17) is 0 Å². The third-order valence-corrected chi connectivity index (χ3v) is 2.92. The summed E-state index contributed by atoms with van der Waals surface area (Å²) in [6, 6.07) is 9.24. The second-order valence-electron chi connectivity index (χ2n) is 4.38. The molecule has 0 fully saturated rings. The van der Waals surface area contributed by atoms with Crippen molar-refractivity contribution in [2.24, 2.45) is 0 Å². The molecule has 0 saturated carbocycles. The number of hydrogen-bond donors (Lipinski definition) is 1. The van der Waals surface area contributed by atoms with E-state index in [1.54, 1.807) is 13.0 Å². The molecule has 0 bridgehead atoms. The number of ether oxygens (including phenoxy) is 1. The Morgan fingerprint density at radius 2 is 1.71 bits per heavy atom. The Bertz CT molecular complexity index is 618. The van der Waals surface area contributed by atoms with Crippen molar-refractivity contribution < 1.29 is 22.3 Å². The molecule has 0 saturated heterocycles. The zero-order valence-electron chi connectivity index (χ0n) is 11.1. The van der Waals surface area contributed by atoms with E-state index in [2.05, 4.69) is 10.1 Å². The van der Waals surface area contributed by atoms with Crippen LogP contribution in [0.1, 0.15) is 18.5 Å². The molecule has 2 nitrogen and oxygen atoms in total. The van der Waals surface area contributed by atoms with Crippen LogP contribution in [0.15, 0.2) is 42.5 Å². The van der Waals surface area contributed by atoms with Gasteiger partial charge in [0.2, 0.25) is 0 Å². The van der Waals surface area contributed by atoms with Crippen LogP contribution in [0.3, 0.4) is 0 Å². The topological polar surface area (TPSA) is 21.3 Å². The van der Waals surface area contributed by atoms with Gasteiger partial charge in [-0.25, -0.2) is 8.78 Å². The zero-order chi connectivity index (χ0) is 15.4. The van der Waals surface area contributed by atoms with E-state index in [-0.39, 0.29) is 17.0 Å². The highest BCUT2D eigenvalue weighted by Gasteiger charge is 2.16. The molecule has 2 rings (SSSR count). The molecule has 0 aliphatic heterocycles. The second kappa shape index (κ2) is 6.47. The maximum absolute atomic E-state index is 13.7. The lowest BCUT2D eigenvalue weighted by Gasteiger charge is -2.19. The largest absolute Gasteiger partial charge is 0.433 e. The minimum Gasteiger partial charge on any atom is -0.433 e. The molecule has 21 heavy (non-hydrogen) atoms. The molecular formula is C15H13F4NO. The highest BCUT2D eigenvalue weighted by molar-refractivity contribution is 5.57. The van der Waals surface area contributed by atoms with Gasteiger partial charge in [-0.1, -0.05) is 24.3 Å². The fourth-order valence-corrected chi connectivity index (χ4v) is 1.95. The first-order chi connectivity index (χ1) is 9.99. The molecule has 0 aliphatic carbocycles. The molecule has 1 N–H and O–H groups in total. The van der Waals surface area contributed by atoms with Crippen LogP contribution in [0.25, 0.3) is 0 Å². The van der Waals surface area contributed by atoms with Gasteiger partial charge in [0.1, 0.15) is 5.75 Å². The van der Waals surface area contributed by atoms with Crippen LogP contribution in [0.4, 0.5) is 23.2 Å². The van der Waals surface area contributed by atoms with Crippen LogP contribution < -0.4 is 10.1 Å². The number of alkyl halides is 2. The van der Waals surface area contributed by atoms with Crippen LogP contribution in [0.2, 0.25) is 0 Å². The lowest BCUT2D eigenvalue weighted by atomic mass is 10.1. The minimum atomic E-state index is -2.96. The van der Waals surface area contributed by atoms with Gasteiger partial charge >= 0.3 is 6.61 Å². The number of nitrogens with one attached hydrogen (secondary N) is 1. The number of benzene rings is 2. The number of rotatable bonds is 5. The minimum absolute atomic E-state index is 0.0591. The summed E-state index contributed by atoms with van der Waals surface area (Å²) in [5.74, 6) is -1.99. The van der Waals surface area contributed by atoms with E-state index in [0.29, 0.717) is 0 Å². The van der Waals surface area contributed by atoms with E-state index < -0.39 is 24.3 Å². The summed E-state index contributed by atoms with van der Waals surface area (Å²) in [4.78, 5) is 0. The Balaban J connectivity index is 2.23. The molecule has 0 radical (unpaired) electrons. The van der Waals surface area contributed by atoms with Gasteiger partial charge in [0.25, 0.3) is 0 Å². The van der Waals surface area contributed by atoms with Gasteiger partial charge in [0.15, 0.2) is 11.6 Å². The van der Waals surface area contributed by atoms with Crippen LogP contribution in [0, 0.1) is 11.6 Å². The zero-order valence-corrected chi connectivity index (χ0v) is 11.1. The van der Waals surface area contributed by atoms with Gasteiger partial charge < -0.3 is 10.1 Å². The molecule has 1 atom stereocenters. The van der Waals surface area contributed by atoms with Gasteiger partial charge in [-0.2, -0.15) is 8.78 Å².